The zero-order valence-electron chi connectivity index (χ0n) is 16.7. The van der Waals surface area contributed by atoms with Gasteiger partial charge < -0.3 is 14.8 Å². The van der Waals surface area contributed by atoms with E-state index in [1.165, 1.54) is 6.20 Å². The number of imide groups is 1. The van der Waals surface area contributed by atoms with Crippen molar-refractivity contribution in [3.63, 3.8) is 0 Å². The van der Waals surface area contributed by atoms with Crippen molar-refractivity contribution in [1.29, 1.82) is 0 Å². The maximum Gasteiger partial charge on any atom is 0.329 e. The first-order valence-corrected chi connectivity index (χ1v) is 9.84. The van der Waals surface area contributed by atoms with E-state index in [1.807, 2.05) is 32.9 Å². The van der Waals surface area contributed by atoms with Gasteiger partial charge in [0.1, 0.15) is 11.5 Å². The number of nitrogens with zero attached hydrogens (tertiary/aromatic N) is 2. The molecule has 1 aromatic carbocycles. The van der Waals surface area contributed by atoms with Gasteiger partial charge in [0.15, 0.2) is 0 Å². The average Bonchev–Trinajstić information content (AvgIpc) is 3.31. The van der Waals surface area contributed by atoms with Gasteiger partial charge in [-0.05, 0) is 51.3 Å². The van der Waals surface area contributed by atoms with Crippen LogP contribution in [0.25, 0.3) is 0 Å². The van der Waals surface area contributed by atoms with Gasteiger partial charge in [0.05, 0.1) is 24.9 Å². The van der Waals surface area contributed by atoms with Crippen LogP contribution in [0.4, 0.5) is 10.5 Å². The number of aryl methyl sites for hydroxylation is 1. The summed E-state index contributed by atoms with van der Waals surface area (Å²) < 4.78 is 12.0. The second-order valence-corrected chi connectivity index (χ2v) is 8.83. The van der Waals surface area contributed by atoms with Crippen molar-refractivity contribution in [3.05, 3.63) is 41.6 Å². The third-order valence-electron chi connectivity index (χ3n) is 5.88. The van der Waals surface area contributed by atoms with E-state index in [4.69, 9.17) is 9.47 Å². The third kappa shape index (κ3) is 2.92. The summed E-state index contributed by atoms with van der Waals surface area (Å²) in [7, 11) is 0. The van der Waals surface area contributed by atoms with Crippen molar-refractivity contribution in [2.24, 2.45) is 0 Å². The lowest BCUT2D eigenvalue weighted by Gasteiger charge is -2.36. The number of fused-ring (bicyclic) bond motifs is 2. The van der Waals surface area contributed by atoms with Gasteiger partial charge in [-0.25, -0.2) is 14.7 Å². The summed E-state index contributed by atoms with van der Waals surface area (Å²) >= 11 is 0. The predicted molar refractivity (Wildman–Crippen MR) is 107 cm³/mol. The van der Waals surface area contributed by atoms with Crippen LogP contribution in [0.1, 0.15) is 44.2 Å². The van der Waals surface area contributed by atoms with Gasteiger partial charge in [0, 0.05) is 22.6 Å². The Morgan fingerprint density at radius 3 is 2.62 bits per heavy atom. The molecule has 0 radical (unpaired) electrons. The number of amides is 3. The van der Waals surface area contributed by atoms with Crippen molar-refractivity contribution in [2.75, 3.05) is 11.5 Å². The first-order chi connectivity index (χ1) is 13.8. The molecule has 0 atom stereocenters. The number of benzene rings is 1. The maximum atomic E-state index is 12.4. The first kappa shape index (κ1) is 18.0. The Morgan fingerprint density at radius 2 is 1.97 bits per heavy atom. The number of anilines is 1. The fourth-order valence-electron chi connectivity index (χ4n) is 4.17. The van der Waals surface area contributed by atoms with E-state index in [0.29, 0.717) is 18.2 Å². The van der Waals surface area contributed by atoms with Crippen molar-refractivity contribution < 1.29 is 19.1 Å². The summed E-state index contributed by atoms with van der Waals surface area (Å²) in [4.78, 5) is 30.2. The second kappa shape index (κ2) is 5.95. The number of aromatic nitrogens is 1. The minimum absolute atomic E-state index is 0.0851. The number of urea groups is 1. The van der Waals surface area contributed by atoms with E-state index >= 15 is 0 Å². The molecule has 2 aliphatic heterocycles. The predicted octanol–water partition coefficient (Wildman–Crippen LogP) is 3.83. The molecule has 29 heavy (non-hydrogen) atoms. The summed E-state index contributed by atoms with van der Waals surface area (Å²) in [5, 5.41) is 2.83. The highest BCUT2D eigenvalue weighted by molar-refractivity contribution is 6.16. The van der Waals surface area contributed by atoms with E-state index in [1.54, 1.807) is 12.1 Å². The Labute approximate surface area is 169 Å². The Balaban J connectivity index is 1.40. The summed E-state index contributed by atoms with van der Waals surface area (Å²) in [5.74, 6) is 1.84. The number of rotatable bonds is 3. The highest BCUT2D eigenvalue weighted by atomic mass is 16.5. The molecule has 2 aromatic rings. The molecule has 5 rings (SSSR count). The highest BCUT2D eigenvalue weighted by Gasteiger charge is 2.53. The van der Waals surface area contributed by atoms with Crippen LogP contribution < -0.4 is 19.7 Å². The Bertz CT molecular complexity index is 1010. The van der Waals surface area contributed by atoms with Gasteiger partial charge in [-0.3, -0.25) is 4.79 Å². The summed E-state index contributed by atoms with van der Waals surface area (Å²) in [6, 6.07) is 6.86. The number of pyridine rings is 1. The van der Waals surface area contributed by atoms with Gasteiger partial charge in [-0.1, -0.05) is 6.07 Å². The molecule has 1 spiro atoms. The van der Waals surface area contributed by atoms with Crippen LogP contribution in [-0.2, 0) is 10.2 Å². The normalized spacial score (nSPS) is 20.9. The molecule has 0 unspecified atom stereocenters. The number of hydrogen-bond acceptors (Lipinski definition) is 5. The van der Waals surface area contributed by atoms with Crippen molar-refractivity contribution in [1.82, 2.24) is 10.3 Å². The van der Waals surface area contributed by atoms with E-state index in [0.717, 1.165) is 40.4 Å². The second-order valence-electron chi connectivity index (χ2n) is 8.83. The number of carbonyl (C=O) groups is 2. The van der Waals surface area contributed by atoms with Gasteiger partial charge >= 0.3 is 6.03 Å². The first-order valence-electron chi connectivity index (χ1n) is 9.84. The van der Waals surface area contributed by atoms with Crippen LogP contribution in [0.5, 0.6) is 17.4 Å². The van der Waals surface area contributed by atoms with E-state index in [2.05, 4.69) is 10.3 Å². The number of nitrogens with one attached hydrogen (secondary N) is 1. The maximum absolute atomic E-state index is 12.4. The molecule has 3 heterocycles. The van der Waals surface area contributed by atoms with Crippen LogP contribution in [0.2, 0.25) is 0 Å². The summed E-state index contributed by atoms with van der Waals surface area (Å²) in [6.07, 6.45) is 3.93. The molecule has 1 aromatic heterocycles. The SMILES string of the molecule is Cc1ccc(Oc2ccc(N3C(=O)CC(C)(C)NC3=O)cn2)c2c1OCC21CC1. The molecule has 2 fully saturated rings. The number of ether oxygens (including phenoxy) is 2. The Kier molecular flexibility index (Phi) is 3.69. The minimum atomic E-state index is -0.548. The summed E-state index contributed by atoms with van der Waals surface area (Å²) in [5.41, 5.74) is 2.20. The topological polar surface area (TPSA) is 80.8 Å². The van der Waals surface area contributed by atoms with Gasteiger partial charge in [-0.2, -0.15) is 0 Å². The molecule has 1 N–H and O–H groups in total. The molecule has 0 bridgehead atoms. The van der Waals surface area contributed by atoms with Gasteiger partial charge in [-0.15, -0.1) is 0 Å². The lowest BCUT2D eigenvalue weighted by Crippen LogP contribution is -2.59. The monoisotopic (exact) mass is 393 g/mol. The Hall–Kier alpha value is -3.09. The molecule has 1 saturated heterocycles. The van der Waals surface area contributed by atoms with Crippen LogP contribution in [0.15, 0.2) is 30.5 Å². The largest absolute Gasteiger partial charge is 0.492 e. The van der Waals surface area contributed by atoms with Crippen LogP contribution >= 0.6 is 0 Å². The highest BCUT2D eigenvalue weighted by Crippen LogP contribution is 2.59. The summed E-state index contributed by atoms with van der Waals surface area (Å²) in [6.45, 7) is 6.40. The molecule has 1 saturated carbocycles. The van der Waals surface area contributed by atoms with Crippen molar-refractivity contribution in [3.8, 4) is 17.4 Å². The molecule has 3 amide bonds. The van der Waals surface area contributed by atoms with Crippen molar-refractivity contribution >= 4 is 17.6 Å². The van der Waals surface area contributed by atoms with E-state index in [9.17, 15) is 9.59 Å². The van der Waals surface area contributed by atoms with Crippen LogP contribution in [0, 0.1) is 6.92 Å². The molecule has 1 aliphatic carbocycles. The molecule has 150 valence electrons. The fraction of sp³-hybridized carbons (Fsp3) is 0.409. The molecular formula is C22H23N3O4. The number of carbonyl (C=O) groups excluding carboxylic acids is 2. The molecular weight excluding hydrogens is 370 g/mol. The van der Waals surface area contributed by atoms with E-state index in [-0.39, 0.29) is 17.7 Å². The third-order valence-corrected chi connectivity index (χ3v) is 5.88. The standard InChI is InChI=1S/C22H23N3O4/c1-13-4-6-15(18-19(13)28-12-22(18)8-9-22)29-16-7-5-14(11-23-16)25-17(26)10-21(2,3)24-20(25)27/h4-7,11H,8-10,12H2,1-3H3,(H,24,27). The van der Waals surface area contributed by atoms with Crippen LogP contribution in [0.3, 0.4) is 0 Å². The quantitative estimate of drug-likeness (QED) is 0.857. The lowest BCUT2D eigenvalue weighted by molar-refractivity contribution is -0.119. The lowest BCUT2D eigenvalue weighted by atomic mass is 9.95. The zero-order valence-corrected chi connectivity index (χ0v) is 16.7. The van der Waals surface area contributed by atoms with Crippen molar-refractivity contribution in [2.45, 2.75) is 51.0 Å². The smallest absolute Gasteiger partial charge is 0.329 e. The van der Waals surface area contributed by atoms with Gasteiger partial charge in [0.2, 0.25) is 11.8 Å². The molecule has 3 aliphatic rings. The Morgan fingerprint density at radius 1 is 1.17 bits per heavy atom. The van der Waals surface area contributed by atoms with E-state index < -0.39 is 11.6 Å². The number of hydrogen-bond donors (Lipinski definition) is 1. The molecule has 7 heteroatoms. The average molecular weight is 393 g/mol. The van der Waals surface area contributed by atoms with Gasteiger partial charge in [0.25, 0.3) is 0 Å². The fourth-order valence-corrected chi connectivity index (χ4v) is 4.17. The van der Waals surface area contributed by atoms with Crippen LogP contribution in [-0.4, -0.2) is 29.1 Å². The minimum Gasteiger partial charge on any atom is -0.492 e. The molecule has 7 nitrogen and oxygen atoms in total. The zero-order chi connectivity index (χ0) is 20.4.